The molecule has 0 saturated carbocycles. The third kappa shape index (κ3) is 4.43. The number of hydrogen-bond acceptors (Lipinski definition) is 3. The third-order valence-corrected chi connectivity index (χ3v) is 5.65. The second-order valence-corrected chi connectivity index (χ2v) is 8.42. The number of nitrogens with zero attached hydrogens (tertiary/aromatic N) is 1. The van der Waals surface area contributed by atoms with E-state index in [0.29, 0.717) is 27.8 Å². The summed E-state index contributed by atoms with van der Waals surface area (Å²) < 4.78 is 13.3. The first kappa shape index (κ1) is 21.8. The summed E-state index contributed by atoms with van der Waals surface area (Å²) >= 11 is 6.01. The predicted molar refractivity (Wildman–Crippen MR) is 124 cm³/mol. The SMILES string of the molecule is CC(C)c1ccc(NC2=C(c3ccc(Cl)cc3)C(=O)N(Cc3ccc(F)cc3)C2=O)cc1. The minimum absolute atomic E-state index is 0.0481. The summed E-state index contributed by atoms with van der Waals surface area (Å²) in [5, 5.41) is 3.69. The summed E-state index contributed by atoms with van der Waals surface area (Å²) in [5.74, 6) is -0.839. The predicted octanol–water partition coefficient (Wildman–Crippen LogP) is 5.99. The van der Waals surface area contributed by atoms with E-state index in [1.807, 2.05) is 24.3 Å². The molecule has 4 nitrogen and oxygen atoms in total. The Bertz CT molecular complexity index is 1180. The van der Waals surface area contributed by atoms with Crippen LogP contribution in [0.4, 0.5) is 10.1 Å². The van der Waals surface area contributed by atoms with Crippen LogP contribution in [0.2, 0.25) is 5.02 Å². The number of rotatable bonds is 6. The highest BCUT2D eigenvalue weighted by atomic mass is 35.5. The molecular weight excluding hydrogens is 427 g/mol. The molecule has 1 aliphatic heterocycles. The molecule has 0 bridgehead atoms. The number of hydrogen-bond donors (Lipinski definition) is 1. The fraction of sp³-hybridized carbons (Fsp3) is 0.154. The molecule has 1 heterocycles. The van der Waals surface area contributed by atoms with Gasteiger partial charge in [-0.15, -0.1) is 0 Å². The van der Waals surface area contributed by atoms with Gasteiger partial charge in [-0.1, -0.05) is 61.8 Å². The first-order chi connectivity index (χ1) is 15.3. The number of anilines is 1. The fourth-order valence-electron chi connectivity index (χ4n) is 3.59. The lowest BCUT2D eigenvalue weighted by atomic mass is 10.0. The van der Waals surface area contributed by atoms with Gasteiger partial charge in [0.15, 0.2) is 0 Å². The number of imide groups is 1. The molecule has 6 heteroatoms. The van der Waals surface area contributed by atoms with Crippen molar-refractivity contribution in [1.82, 2.24) is 4.90 Å². The molecule has 4 rings (SSSR count). The molecule has 1 N–H and O–H groups in total. The van der Waals surface area contributed by atoms with Gasteiger partial charge in [-0.25, -0.2) is 4.39 Å². The molecule has 2 amide bonds. The van der Waals surface area contributed by atoms with Gasteiger partial charge in [-0.3, -0.25) is 14.5 Å². The van der Waals surface area contributed by atoms with Gasteiger partial charge in [-0.2, -0.15) is 0 Å². The Morgan fingerprint density at radius 3 is 2.09 bits per heavy atom. The third-order valence-electron chi connectivity index (χ3n) is 5.40. The van der Waals surface area contributed by atoms with E-state index in [1.165, 1.54) is 22.6 Å². The summed E-state index contributed by atoms with van der Waals surface area (Å²) in [4.78, 5) is 27.8. The summed E-state index contributed by atoms with van der Waals surface area (Å²) in [5.41, 5.74) is 3.62. The van der Waals surface area contributed by atoms with Gasteiger partial charge in [0.25, 0.3) is 11.8 Å². The van der Waals surface area contributed by atoms with Crippen LogP contribution in [0.15, 0.2) is 78.5 Å². The van der Waals surface area contributed by atoms with E-state index in [0.717, 1.165) is 0 Å². The van der Waals surface area contributed by atoms with E-state index in [2.05, 4.69) is 19.2 Å². The molecule has 0 aromatic heterocycles. The maximum Gasteiger partial charge on any atom is 0.278 e. The molecule has 162 valence electrons. The van der Waals surface area contributed by atoms with Gasteiger partial charge in [0.2, 0.25) is 0 Å². The summed E-state index contributed by atoms with van der Waals surface area (Å²) in [6.45, 7) is 4.26. The van der Waals surface area contributed by atoms with Crippen LogP contribution >= 0.6 is 11.6 Å². The van der Waals surface area contributed by atoms with Crippen LogP contribution in [-0.4, -0.2) is 16.7 Å². The second-order valence-electron chi connectivity index (χ2n) is 7.98. The van der Waals surface area contributed by atoms with Crippen LogP contribution in [0.25, 0.3) is 5.57 Å². The zero-order chi connectivity index (χ0) is 22.8. The minimum Gasteiger partial charge on any atom is -0.350 e. The molecule has 0 fully saturated rings. The highest BCUT2D eigenvalue weighted by molar-refractivity contribution is 6.36. The van der Waals surface area contributed by atoms with Crippen molar-refractivity contribution >= 4 is 34.7 Å². The summed E-state index contributed by atoms with van der Waals surface area (Å²) in [6.07, 6.45) is 0. The van der Waals surface area contributed by atoms with E-state index in [4.69, 9.17) is 11.6 Å². The highest BCUT2D eigenvalue weighted by Crippen LogP contribution is 2.32. The zero-order valence-electron chi connectivity index (χ0n) is 17.7. The highest BCUT2D eigenvalue weighted by Gasteiger charge is 2.39. The monoisotopic (exact) mass is 448 g/mol. The van der Waals surface area contributed by atoms with Gasteiger partial charge in [-0.05, 0) is 59.0 Å². The molecular formula is C26H22ClFN2O2. The van der Waals surface area contributed by atoms with Gasteiger partial charge in [0, 0.05) is 10.7 Å². The Labute approximate surface area is 191 Å². The van der Waals surface area contributed by atoms with Crippen molar-refractivity contribution in [3.05, 3.63) is 106 Å². The molecule has 0 atom stereocenters. The summed E-state index contributed by atoms with van der Waals surface area (Å²) in [7, 11) is 0. The van der Waals surface area contributed by atoms with E-state index in [-0.39, 0.29) is 23.6 Å². The van der Waals surface area contributed by atoms with Crippen molar-refractivity contribution in [3.8, 4) is 0 Å². The molecule has 0 aliphatic carbocycles. The first-order valence-electron chi connectivity index (χ1n) is 10.3. The molecule has 3 aromatic carbocycles. The van der Waals surface area contributed by atoms with Crippen LogP contribution in [0.3, 0.4) is 0 Å². The average molecular weight is 449 g/mol. The van der Waals surface area contributed by atoms with Crippen molar-refractivity contribution < 1.29 is 14.0 Å². The largest absolute Gasteiger partial charge is 0.350 e. The summed E-state index contributed by atoms with van der Waals surface area (Å²) in [6, 6.07) is 20.3. The standard InChI is InChI=1S/C26H22ClFN2O2/c1-16(2)18-7-13-22(14-8-18)29-24-23(19-5-9-20(27)10-6-19)25(31)30(26(24)32)15-17-3-11-21(28)12-4-17/h3-14,16,29H,15H2,1-2H3. The number of carbonyl (C=O) groups excluding carboxylic acids is 2. The lowest BCUT2D eigenvalue weighted by Crippen LogP contribution is -2.32. The minimum atomic E-state index is -0.433. The van der Waals surface area contributed by atoms with Crippen LogP contribution in [0.1, 0.15) is 36.5 Å². The van der Waals surface area contributed by atoms with E-state index < -0.39 is 11.8 Å². The van der Waals surface area contributed by atoms with E-state index in [9.17, 15) is 14.0 Å². The molecule has 0 spiro atoms. The Morgan fingerprint density at radius 2 is 1.50 bits per heavy atom. The van der Waals surface area contributed by atoms with Crippen molar-refractivity contribution in [1.29, 1.82) is 0 Å². The molecule has 32 heavy (non-hydrogen) atoms. The van der Waals surface area contributed by atoms with Crippen molar-refractivity contribution in [2.75, 3.05) is 5.32 Å². The van der Waals surface area contributed by atoms with Gasteiger partial charge >= 0.3 is 0 Å². The average Bonchev–Trinajstić information content (AvgIpc) is 3.00. The quantitative estimate of drug-likeness (QED) is 0.471. The van der Waals surface area contributed by atoms with Crippen molar-refractivity contribution in [2.24, 2.45) is 0 Å². The first-order valence-corrected chi connectivity index (χ1v) is 10.7. The Kier molecular flexibility index (Phi) is 6.10. The topological polar surface area (TPSA) is 49.4 Å². The smallest absolute Gasteiger partial charge is 0.278 e. The molecule has 0 saturated heterocycles. The fourth-order valence-corrected chi connectivity index (χ4v) is 3.71. The molecule has 0 unspecified atom stereocenters. The second kappa shape index (κ2) is 8.97. The lowest BCUT2D eigenvalue weighted by molar-refractivity contribution is -0.137. The Balaban J connectivity index is 1.70. The zero-order valence-corrected chi connectivity index (χ0v) is 18.5. The normalized spacial score (nSPS) is 14.0. The Morgan fingerprint density at radius 1 is 0.875 bits per heavy atom. The van der Waals surface area contributed by atoms with Crippen LogP contribution < -0.4 is 5.32 Å². The van der Waals surface area contributed by atoms with Gasteiger partial charge in [0.05, 0.1) is 12.1 Å². The maximum absolute atomic E-state index is 13.3. The van der Waals surface area contributed by atoms with Crippen molar-refractivity contribution in [3.63, 3.8) is 0 Å². The number of carbonyl (C=O) groups is 2. The van der Waals surface area contributed by atoms with Crippen LogP contribution in [0.5, 0.6) is 0 Å². The van der Waals surface area contributed by atoms with Gasteiger partial charge in [0.1, 0.15) is 11.5 Å². The van der Waals surface area contributed by atoms with E-state index >= 15 is 0 Å². The van der Waals surface area contributed by atoms with Crippen LogP contribution in [0, 0.1) is 5.82 Å². The lowest BCUT2D eigenvalue weighted by Gasteiger charge is -2.15. The number of nitrogens with one attached hydrogen (secondary N) is 1. The van der Waals surface area contributed by atoms with Crippen LogP contribution in [-0.2, 0) is 16.1 Å². The van der Waals surface area contributed by atoms with Crippen molar-refractivity contribution in [2.45, 2.75) is 26.3 Å². The van der Waals surface area contributed by atoms with E-state index in [1.54, 1.807) is 36.4 Å². The molecule has 3 aromatic rings. The number of halogens is 2. The Hall–Kier alpha value is -3.44. The molecule has 1 aliphatic rings. The number of amides is 2. The maximum atomic E-state index is 13.3. The number of benzene rings is 3. The molecule has 0 radical (unpaired) electrons. The van der Waals surface area contributed by atoms with Gasteiger partial charge < -0.3 is 5.32 Å².